The Kier molecular flexibility index (Phi) is 5.53. The third-order valence-electron chi connectivity index (χ3n) is 3.20. The highest BCUT2D eigenvalue weighted by atomic mass is 32.2. The highest BCUT2D eigenvalue weighted by Crippen LogP contribution is 2.31. The average Bonchev–Trinajstić information content (AvgIpc) is 2.55. The summed E-state index contributed by atoms with van der Waals surface area (Å²) in [6.07, 6.45) is 5.01. The van der Waals surface area contributed by atoms with E-state index in [2.05, 4.69) is 11.2 Å². The summed E-state index contributed by atoms with van der Waals surface area (Å²) in [6, 6.07) is 5.34. The molecule has 0 radical (unpaired) electrons. The molecule has 0 heterocycles. The number of hydrogen-bond acceptors (Lipinski definition) is 6. The quantitative estimate of drug-likeness (QED) is 0.469. The lowest BCUT2D eigenvalue weighted by Crippen LogP contribution is -2.29. The van der Waals surface area contributed by atoms with Gasteiger partial charge in [-0.25, -0.2) is 0 Å². The Hall–Kier alpha value is -2.65. The fraction of sp³-hybridized carbons (Fsp3) is 0.133. The van der Waals surface area contributed by atoms with E-state index in [0.717, 1.165) is 24.3 Å². The highest BCUT2D eigenvalue weighted by molar-refractivity contribution is 7.86. The second-order valence-corrected chi connectivity index (χ2v) is 7.87. The predicted molar refractivity (Wildman–Crippen MR) is 90.9 cm³/mol. The van der Waals surface area contributed by atoms with Crippen LogP contribution in [0, 0.1) is 12.3 Å². The third kappa shape index (κ3) is 4.70. The van der Waals surface area contributed by atoms with Crippen LogP contribution in [0.2, 0.25) is 0 Å². The first-order valence-electron chi connectivity index (χ1n) is 6.88. The second-order valence-electron chi connectivity index (χ2n) is 5.02. The zero-order valence-corrected chi connectivity index (χ0v) is 14.7. The summed E-state index contributed by atoms with van der Waals surface area (Å²) in [5.74, 6) is 1.54. The largest absolute Gasteiger partial charge is 0.483 e. The minimum Gasteiger partial charge on any atom is -0.483 e. The normalized spacial score (nSPS) is 11.7. The molecule has 0 aliphatic heterocycles. The van der Waals surface area contributed by atoms with Crippen molar-refractivity contribution in [2.75, 3.05) is 13.2 Å². The summed E-state index contributed by atoms with van der Waals surface area (Å²) in [6.45, 7) is -0.516. The van der Waals surface area contributed by atoms with E-state index in [0.29, 0.717) is 0 Å². The van der Waals surface area contributed by atoms with E-state index < -0.39 is 42.5 Å². The van der Waals surface area contributed by atoms with Crippen LogP contribution in [0.15, 0.2) is 40.1 Å². The van der Waals surface area contributed by atoms with E-state index in [-0.39, 0.29) is 23.1 Å². The first-order valence-corrected chi connectivity index (χ1v) is 9.76. The number of carbonyl (C=O) groups is 1. The van der Waals surface area contributed by atoms with Crippen molar-refractivity contribution in [3.05, 3.63) is 30.3 Å². The van der Waals surface area contributed by atoms with Gasteiger partial charge in [-0.3, -0.25) is 13.9 Å². The molecule has 0 spiro atoms. The molecule has 0 bridgehead atoms. The van der Waals surface area contributed by atoms with Crippen molar-refractivity contribution in [1.82, 2.24) is 5.32 Å². The summed E-state index contributed by atoms with van der Waals surface area (Å²) in [5, 5.41) is 2.65. The van der Waals surface area contributed by atoms with Crippen LogP contribution in [0.3, 0.4) is 0 Å². The van der Waals surface area contributed by atoms with E-state index in [9.17, 15) is 26.2 Å². The minimum atomic E-state index is -4.64. The molecule has 0 aliphatic rings. The van der Waals surface area contributed by atoms with Gasteiger partial charge >= 0.3 is 0 Å². The van der Waals surface area contributed by atoms with Crippen molar-refractivity contribution in [3.63, 3.8) is 0 Å². The summed E-state index contributed by atoms with van der Waals surface area (Å²) in [7, 11) is -9.16. The van der Waals surface area contributed by atoms with E-state index in [1.54, 1.807) is 0 Å². The maximum absolute atomic E-state index is 11.6. The van der Waals surface area contributed by atoms with Crippen molar-refractivity contribution < 1.29 is 35.5 Å². The zero-order valence-electron chi connectivity index (χ0n) is 13.0. The van der Waals surface area contributed by atoms with Gasteiger partial charge in [-0.1, -0.05) is 5.92 Å². The molecule has 0 atom stereocenters. The first-order chi connectivity index (χ1) is 12.0. The van der Waals surface area contributed by atoms with Crippen molar-refractivity contribution in [3.8, 4) is 18.1 Å². The lowest BCUT2D eigenvalue weighted by Gasteiger charge is -2.11. The van der Waals surface area contributed by atoms with Gasteiger partial charge in [0.1, 0.15) is 5.75 Å². The molecule has 0 fully saturated rings. The molecule has 2 aromatic rings. The molecule has 11 heteroatoms. The smallest absolute Gasteiger partial charge is 0.294 e. The van der Waals surface area contributed by atoms with Gasteiger partial charge in [0.15, 0.2) is 6.61 Å². The fourth-order valence-corrected chi connectivity index (χ4v) is 3.11. The molecule has 0 unspecified atom stereocenters. The van der Waals surface area contributed by atoms with Gasteiger partial charge in [-0.05, 0) is 29.7 Å². The van der Waals surface area contributed by atoms with Gasteiger partial charge < -0.3 is 10.1 Å². The van der Waals surface area contributed by atoms with Gasteiger partial charge in [0.2, 0.25) is 0 Å². The molecule has 0 aliphatic carbocycles. The molecule has 0 saturated heterocycles. The lowest BCUT2D eigenvalue weighted by atomic mass is 10.1. The SMILES string of the molecule is C#CCNC(=O)COc1cc(S(=O)(=O)O)cc2cc(S(=O)(=O)O)ccc12. The van der Waals surface area contributed by atoms with Crippen LogP contribution in [0.1, 0.15) is 0 Å². The van der Waals surface area contributed by atoms with Crippen molar-refractivity contribution in [2.45, 2.75) is 9.79 Å². The molecule has 2 aromatic carbocycles. The van der Waals surface area contributed by atoms with Crippen molar-refractivity contribution >= 4 is 36.9 Å². The van der Waals surface area contributed by atoms with E-state index in [4.69, 9.17) is 15.7 Å². The molecule has 9 nitrogen and oxygen atoms in total. The van der Waals surface area contributed by atoms with Crippen LogP contribution in [0.25, 0.3) is 10.8 Å². The Bertz CT molecular complexity index is 1110. The second kappa shape index (κ2) is 7.30. The molecule has 3 N–H and O–H groups in total. The van der Waals surface area contributed by atoms with Crippen LogP contribution in [-0.4, -0.2) is 45.0 Å². The molecule has 0 aromatic heterocycles. The van der Waals surface area contributed by atoms with E-state index >= 15 is 0 Å². The summed E-state index contributed by atoms with van der Waals surface area (Å²) < 4.78 is 69.0. The van der Waals surface area contributed by atoms with Crippen LogP contribution in [-0.2, 0) is 25.0 Å². The first kappa shape index (κ1) is 19.7. The zero-order chi connectivity index (χ0) is 19.5. The molecular weight excluding hydrogens is 386 g/mol. The Morgan fingerprint density at radius 3 is 2.27 bits per heavy atom. The molecule has 0 saturated carbocycles. The van der Waals surface area contributed by atoms with Crippen LogP contribution < -0.4 is 10.1 Å². The number of hydrogen-bond donors (Lipinski definition) is 3. The standard InChI is InChI=1S/C15H13NO8S2/c1-2-5-16-15(17)9-24-14-8-12(26(21,22)23)7-10-6-11(25(18,19)20)3-4-13(10)14/h1,3-4,6-8H,5,9H2,(H,16,17)(H,18,19,20)(H,21,22,23). The van der Waals surface area contributed by atoms with Crippen LogP contribution in [0.4, 0.5) is 0 Å². The maximum atomic E-state index is 11.6. The third-order valence-corrected chi connectivity index (χ3v) is 4.88. The molecule has 138 valence electrons. The van der Waals surface area contributed by atoms with Gasteiger partial charge in [0.05, 0.1) is 16.3 Å². The van der Waals surface area contributed by atoms with Crippen LogP contribution in [0.5, 0.6) is 5.75 Å². The predicted octanol–water partition coefficient (Wildman–Crippen LogP) is 0.461. The topological polar surface area (TPSA) is 147 Å². The average molecular weight is 399 g/mol. The van der Waals surface area contributed by atoms with Gasteiger partial charge in [-0.15, -0.1) is 6.42 Å². The number of fused-ring (bicyclic) bond motifs is 1. The lowest BCUT2D eigenvalue weighted by molar-refractivity contribution is -0.122. The minimum absolute atomic E-state index is 0.0221. The Morgan fingerprint density at radius 2 is 1.69 bits per heavy atom. The van der Waals surface area contributed by atoms with Gasteiger partial charge in [-0.2, -0.15) is 16.8 Å². The fourth-order valence-electron chi connectivity index (χ4n) is 2.06. The number of carbonyl (C=O) groups excluding carboxylic acids is 1. The number of benzene rings is 2. The van der Waals surface area contributed by atoms with Gasteiger partial charge in [0.25, 0.3) is 26.1 Å². The van der Waals surface area contributed by atoms with Crippen molar-refractivity contribution in [1.29, 1.82) is 0 Å². The molecular formula is C15H13NO8S2. The van der Waals surface area contributed by atoms with Gasteiger partial charge in [0, 0.05) is 11.5 Å². The Morgan fingerprint density at radius 1 is 1.08 bits per heavy atom. The number of terminal acetylenes is 1. The summed E-state index contributed by atoms with van der Waals surface area (Å²) >= 11 is 0. The Balaban J connectivity index is 2.53. The number of ether oxygens (including phenoxy) is 1. The summed E-state index contributed by atoms with van der Waals surface area (Å²) in [4.78, 5) is 10.5. The monoisotopic (exact) mass is 399 g/mol. The Labute approximate surface area is 149 Å². The molecule has 2 rings (SSSR count). The molecule has 26 heavy (non-hydrogen) atoms. The number of rotatable bonds is 6. The summed E-state index contributed by atoms with van der Waals surface area (Å²) in [5.41, 5.74) is 0. The molecule has 1 amide bonds. The van der Waals surface area contributed by atoms with E-state index in [1.807, 2.05) is 0 Å². The number of nitrogens with one attached hydrogen (secondary N) is 1. The number of amides is 1. The van der Waals surface area contributed by atoms with Crippen LogP contribution >= 0.6 is 0 Å². The highest BCUT2D eigenvalue weighted by Gasteiger charge is 2.17. The van der Waals surface area contributed by atoms with E-state index in [1.165, 1.54) is 6.07 Å². The maximum Gasteiger partial charge on any atom is 0.294 e. The van der Waals surface area contributed by atoms with Crippen molar-refractivity contribution in [2.24, 2.45) is 0 Å².